The van der Waals surface area contributed by atoms with Crippen molar-refractivity contribution >= 4 is 23.2 Å². The van der Waals surface area contributed by atoms with Crippen molar-refractivity contribution in [1.29, 1.82) is 0 Å². The number of ether oxygens (including phenoxy) is 2. The molecule has 0 saturated heterocycles. The second kappa shape index (κ2) is 11.5. The summed E-state index contributed by atoms with van der Waals surface area (Å²) in [6.45, 7) is 3.84. The third-order valence-electron chi connectivity index (χ3n) is 5.50. The maximum Gasteiger partial charge on any atom is 0.240 e. The van der Waals surface area contributed by atoms with E-state index in [1.807, 2.05) is 60.7 Å². The maximum atomic E-state index is 12.8. The number of rotatable bonds is 9. The van der Waals surface area contributed by atoms with Crippen LogP contribution in [0.1, 0.15) is 38.7 Å². The number of fused-ring (bicyclic) bond motifs is 1. The minimum absolute atomic E-state index is 0. The molecule has 190 valence electrons. The lowest BCUT2D eigenvalue weighted by atomic mass is 10.1. The zero-order valence-electron chi connectivity index (χ0n) is 19.9. The van der Waals surface area contributed by atoms with Gasteiger partial charge in [0.15, 0.2) is 11.5 Å². The summed E-state index contributed by atoms with van der Waals surface area (Å²) in [5.41, 5.74) is 8.28. The summed E-state index contributed by atoms with van der Waals surface area (Å²) in [7, 11) is 1.62. The van der Waals surface area contributed by atoms with Crippen LogP contribution in [0.25, 0.3) is 16.8 Å². The van der Waals surface area contributed by atoms with Crippen molar-refractivity contribution in [3.05, 3.63) is 83.3 Å². The average Bonchev–Trinajstić information content (AvgIpc) is 3.26. The quantitative estimate of drug-likeness (QED) is 0.335. The van der Waals surface area contributed by atoms with Crippen molar-refractivity contribution in [2.45, 2.75) is 39.5 Å². The van der Waals surface area contributed by atoms with Gasteiger partial charge >= 0.3 is 0 Å². The Morgan fingerprint density at radius 3 is 2.47 bits per heavy atom. The number of nitrogens with two attached hydrogens (primary N) is 1. The van der Waals surface area contributed by atoms with Crippen LogP contribution in [0, 0.1) is 0 Å². The first-order valence-electron chi connectivity index (χ1n) is 11.2. The van der Waals surface area contributed by atoms with Crippen LogP contribution in [0.4, 0.5) is 0 Å². The van der Waals surface area contributed by atoms with Gasteiger partial charge in [-0.3, -0.25) is 9.20 Å². The van der Waals surface area contributed by atoms with Gasteiger partial charge in [-0.2, -0.15) is 0 Å². The fourth-order valence-electron chi connectivity index (χ4n) is 3.59. The molecule has 4 aromatic rings. The van der Waals surface area contributed by atoms with Gasteiger partial charge in [-0.1, -0.05) is 61.5 Å². The zero-order valence-corrected chi connectivity index (χ0v) is 20.6. The van der Waals surface area contributed by atoms with Crippen molar-refractivity contribution in [2.24, 2.45) is 5.73 Å². The largest absolute Gasteiger partial charge is 0.497 e. The predicted molar refractivity (Wildman–Crippen MR) is 142 cm³/mol. The molecule has 0 unspecified atom stereocenters. The highest BCUT2D eigenvalue weighted by Crippen LogP contribution is 2.30. The number of nitrogens with one attached hydrogen (secondary N) is 1. The standard InChI is InChI=1S/C26H28ClN5O3.CH4/c1-26(2,28)25(33)29-22(16-35-15-17-7-5-4-6-8-17)24-31-30-23-21(13-19(27)14-32(23)24)18-9-11-20(34-3)12-10-18;/h4-14,22H,15-16,28H2,1-3H3,(H,29,33);1H4/t22-;/m1./s1. The number of nitrogens with zero attached hydrogens (tertiary/aromatic N) is 3. The highest BCUT2D eigenvalue weighted by molar-refractivity contribution is 6.30. The van der Waals surface area contributed by atoms with Gasteiger partial charge in [0.2, 0.25) is 5.91 Å². The van der Waals surface area contributed by atoms with E-state index in [0.717, 1.165) is 22.4 Å². The number of halogens is 1. The second-order valence-electron chi connectivity index (χ2n) is 8.80. The summed E-state index contributed by atoms with van der Waals surface area (Å²) in [6, 6.07) is 18.6. The summed E-state index contributed by atoms with van der Waals surface area (Å²) >= 11 is 6.49. The molecule has 2 heterocycles. The molecule has 3 N–H and O–H groups in total. The fraction of sp³-hybridized carbons (Fsp3) is 0.296. The topological polar surface area (TPSA) is 104 Å². The fourth-order valence-corrected chi connectivity index (χ4v) is 3.80. The number of benzene rings is 2. The Hall–Kier alpha value is -3.46. The number of hydrogen-bond acceptors (Lipinski definition) is 6. The predicted octanol–water partition coefficient (Wildman–Crippen LogP) is 4.81. The van der Waals surface area contributed by atoms with Crippen molar-refractivity contribution in [2.75, 3.05) is 13.7 Å². The van der Waals surface area contributed by atoms with Crippen LogP contribution in [0.5, 0.6) is 5.75 Å². The molecule has 0 spiro atoms. The van der Waals surface area contributed by atoms with Gasteiger partial charge in [0.05, 0.1) is 30.9 Å². The van der Waals surface area contributed by atoms with Gasteiger partial charge < -0.3 is 20.5 Å². The second-order valence-corrected chi connectivity index (χ2v) is 9.24. The minimum atomic E-state index is -1.08. The molecule has 1 amide bonds. The smallest absolute Gasteiger partial charge is 0.240 e. The van der Waals surface area contributed by atoms with E-state index in [0.29, 0.717) is 23.1 Å². The number of carbonyl (C=O) groups excluding carboxylic acids is 1. The molecule has 8 nitrogen and oxygen atoms in total. The molecule has 36 heavy (non-hydrogen) atoms. The number of pyridine rings is 1. The Morgan fingerprint density at radius 1 is 1.14 bits per heavy atom. The lowest BCUT2D eigenvalue weighted by Gasteiger charge is -2.23. The molecule has 2 aromatic carbocycles. The first-order chi connectivity index (χ1) is 16.8. The molecule has 0 aliphatic carbocycles. The van der Waals surface area contributed by atoms with Gasteiger partial charge in [0, 0.05) is 11.8 Å². The SMILES string of the molecule is C.COc1ccc(-c2cc(Cl)cn3c([C@@H](COCc4ccccc4)NC(=O)C(C)(C)N)nnc23)cc1. The number of amides is 1. The number of aromatic nitrogens is 3. The van der Waals surface area contributed by atoms with Crippen LogP contribution in [-0.2, 0) is 16.1 Å². The third kappa shape index (κ3) is 6.20. The molecular formula is C27H32ClN5O3. The molecule has 0 aliphatic heterocycles. The molecule has 0 saturated carbocycles. The molecule has 0 fully saturated rings. The van der Waals surface area contributed by atoms with E-state index < -0.39 is 11.6 Å². The molecular weight excluding hydrogens is 478 g/mol. The summed E-state index contributed by atoms with van der Waals surface area (Å²) in [4.78, 5) is 12.8. The molecule has 2 aromatic heterocycles. The van der Waals surface area contributed by atoms with Crippen LogP contribution >= 0.6 is 11.6 Å². The first-order valence-corrected chi connectivity index (χ1v) is 11.5. The molecule has 4 rings (SSSR count). The Kier molecular flexibility index (Phi) is 8.68. The highest BCUT2D eigenvalue weighted by Gasteiger charge is 2.28. The minimum Gasteiger partial charge on any atom is -0.497 e. The lowest BCUT2D eigenvalue weighted by molar-refractivity contribution is -0.126. The zero-order chi connectivity index (χ0) is 25.0. The van der Waals surface area contributed by atoms with Crippen molar-refractivity contribution < 1.29 is 14.3 Å². The van der Waals surface area contributed by atoms with Crippen LogP contribution < -0.4 is 15.8 Å². The summed E-state index contributed by atoms with van der Waals surface area (Å²) in [5.74, 6) is 0.902. The number of hydrogen-bond donors (Lipinski definition) is 2. The molecule has 0 bridgehead atoms. The van der Waals surface area contributed by atoms with Gasteiger partial charge in [-0.15, -0.1) is 10.2 Å². The normalized spacial score (nSPS) is 12.1. The average molecular weight is 510 g/mol. The monoisotopic (exact) mass is 509 g/mol. The van der Waals surface area contributed by atoms with E-state index in [2.05, 4.69) is 15.5 Å². The summed E-state index contributed by atoms with van der Waals surface area (Å²) in [5, 5.41) is 12.3. The third-order valence-corrected chi connectivity index (χ3v) is 5.70. The van der Waals surface area contributed by atoms with Crippen LogP contribution in [-0.4, -0.2) is 39.8 Å². The van der Waals surface area contributed by atoms with E-state index in [9.17, 15) is 4.79 Å². The van der Waals surface area contributed by atoms with Crippen LogP contribution in [0.2, 0.25) is 5.02 Å². The molecule has 1 atom stereocenters. The number of methoxy groups -OCH3 is 1. The molecule has 9 heteroatoms. The van der Waals surface area contributed by atoms with Crippen molar-refractivity contribution in [1.82, 2.24) is 19.9 Å². The van der Waals surface area contributed by atoms with Gasteiger partial charge in [0.1, 0.15) is 11.8 Å². The first kappa shape index (κ1) is 27.1. The van der Waals surface area contributed by atoms with E-state index in [-0.39, 0.29) is 19.9 Å². The maximum absolute atomic E-state index is 12.8. The molecule has 0 aliphatic rings. The van der Waals surface area contributed by atoms with E-state index in [1.165, 1.54) is 0 Å². The Balaban J connectivity index is 0.00000361. The van der Waals surface area contributed by atoms with Crippen molar-refractivity contribution in [3.8, 4) is 16.9 Å². The molecule has 0 radical (unpaired) electrons. The number of carbonyl (C=O) groups is 1. The summed E-state index contributed by atoms with van der Waals surface area (Å²) in [6.07, 6.45) is 1.73. The van der Waals surface area contributed by atoms with Crippen LogP contribution in [0.3, 0.4) is 0 Å². The van der Waals surface area contributed by atoms with Gasteiger partial charge in [0.25, 0.3) is 0 Å². The lowest BCUT2D eigenvalue weighted by Crippen LogP contribution is -2.50. The van der Waals surface area contributed by atoms with Crippen molar-refractivity contribution in [3.63, 3.8) is 0 Å². The Labute approximate surface area is 216 Å². The van der Waals surface area contributed by atoms with Crippen LogP contribution in [0.15, 0.2) is 66.9 Å². The Morgan fingerprint density at radius 2 is 1.83 bits per heavy atom. The highest BCUT2D eigenvalue weighted by atomic mass is 35.5. The van der Waals surface area contributed by atoms with E-state index in [4.69, 9.17) is 26.8 Å². The van der Waals surface area contributed by atoms with Gasteiger partial charge in [-0.25, -0.2) is 0 Å². The van der Waals surface area contributed by atoms with Gasteiger partial charge in [-0.05, 0) is 43.2 Å². The summed E-state index contributed by atoms with van der Waals surface area (Å²) < 4.78 is 13.0. The van der Waals surface area contributed by atoms with E-state index >= 15 is 0 Å². The van der Waals surface area contributed by atoms with E-state index in [1.54, 1.807) is 31.6 Å². The Bertz CT molecular complexity index is 1300.